The second-order valence-corrected chi connectivity index (χ2v) is 4.12. The Bertz CT molecular complexity index is 548. The fourth-order valence-electron chi connectivity index (χ4n) is 1.04. The lowest BCUT2D eigenvalue weighted by molar-refractivity contribution is 0.436. The van der Waals surface area contributed by atoms with E-state index >= 15 is 0 Å². The highest BCUT2D eigenvalue weighted by Crippen LogP contribution is 2.24. The van der Waals surface area contributed by atoms with E-state index in [0.29, 0.717) is 4.47 Å². The number of anilines is 1. The zero-order chi connectivity index (χ0) is 12.4. The Labute approximate surface area is 109 Å². The lowest BCUT2D eigenvalue weighted by atomic mass is 10.3. The van der Waals surface area contributed by atoms with E-state index in [1.807, 2.05) is 0 Å². The van der Waals surface area contributed by atoms with Crippen molar-refractivity contribution >= 4 is 33.5 Å². The van der Waals surface area contributed by atoms with E-state index < -0.39 is 5.82 Å². The second kappa shape index (κ2) is 4.80. The van der Waals surface area contributed by atoms with Crippen molar-refractivity contribution in [3.05, 3.63) is 33.8 Å². The van der Waals surface area contributed by atoms with E-state index in [-0.39, 0.29) is 23.0 Å². The molecule has 2 N–H and O–H groups in total. The maximum atomic E-state index is 13.2. The molecule has 0 aliphatic heterocycles. The Morgan fingerprint density at radius 3 is 2.71 bits per heavy atom. The Hall–Kier alpha value is -1.47. The maximum absolute atomic E-state index is 13.2. The number of nitrogens with zero attached hydrogens (tertiary/aromatic N) is 3. The van der Waals surface area contributed by atoms with Gasteiger partial charge in [-0.25, -0.2) is 4.39 Å². The summed E-state index contributed by atoms with van der Waals surface area (Å²) in [5.41, 5.74) is 5.36. The molecule has 1 aromatic carbocycles. The number of nitrogens with two attached hydrogens (primary N) is 1. The largest absolute Gasteiger partial charge is 0.424 e. The topological polar surface area (TPSA) is 73.9 Å². The second-order valence-electron chi connectivity index (χ2n) is 2.92. The Kier molecular flexibility index (Phi) is 3.39. The number of benzene rings is 1. The fourth-order valence-corrected chi connectivity index (χ4v) is 1.44. The molecule has 0 amide bonds. The molecule has 17 heavy (non-hydrogen) atoms. The molecule has 1 heterocycles. The van der Waals surface area contributed by atoms with E-state index in [4.69, 9.17) is 22.1 Å². The average molecular weight is 320 g/mol. The van der Waals surface area contributed by atoms with Crippen LogP contribution in [0.25, 0.3) is 0 Å². The third kappa shape index (κ3) is 3.01. The molecule has 8 heteroatoms. The van der Waals surface area contributed by atoms with Gasteiger partial charge in [-0.05, 0) is 39.7 Å². The third-order valence-electron chi connectivity index (χ3n) is 1.71. The SMILES string of the molecule is Nc1nc(Cl)nc(Oc2ccc(Br)c(F)c2)n1. The summed E-state index contributed by atoms with van der Waals surface area (Å²) < 4.78 is 18.7. The first-order valence-electron chi connectivity index (χ1n) is 4.34. The van der Waals surface area contributed by atoms with Crippen LogP contribution in [0.1, 0.15) is 0 Å². The van der Waals surface area contributed by atoms with Crippen LogP contribution in [-0.4, -0.2) is 15.0 Å². The summed E-state index contributed by atoms with van der Waals surface area (Å²) in [6, 6.07) is 4.12. The molecule has 0 aliphatic rings. The molecular weight excluding hydrogens is 314 g/mol. The van der Waals surface area contributed by atoms with Gasteiger partial charge in [0.25, 0.3) is 0 Å². The van der Waals surface area contributed by atoms with Crippen molar-refractivity contribution in [1.82, 2.24) is 15.0 Å². The van der Waals surface area contributed by atoms with Crippen LogP contribution in [0.4, 0.5) is 10.3 Å². The van der Waals surface area contributed by atoms with Gasteiger partial charge >= 0.3 is 6.01 Å². The molecule has 0 bridgehead atoms. The van der Waals surface area contributed by atoms with Crippen LogP contribution in [0.5, 0.6) is 11.8 Å². The van der Waals surface area contributed by atoms with Crippen molar-refractivity contribution in [1.29, 1.82) is 0 Å². The van der Waals surface area contributed by atoms with E-state index in [2.05, 4.69) is 30.9 Å². The predicted molar refractivity (Wildman–Crippen MR) is 63.4 cm³/mol. The molecule has 2 rings (SSSR count). The van der Waals surface area contributed by atoms with Crippen LogP contribution in [0, 0.1) is 5.82 Å². The number of hydrogen-bond acceptors (Lipinski definition) is 5. The van der Waals surface area contributed by atoms with Crippen molar-refractivity contribution in [2.45, 2.75) is 0 Å². The van der Waals surface area contributed by atoms with Gasteiger partial charge in [-0.15, -0.1) is 0 Å². The average Bonchev–Trinajstić information content (AvgIpc) is 2.22. The molecule has 2 aromatic rings. The Morgan fingerprint density at radius 1 is 1.29 bits per heavy atom. The standard InChI is InChI=1S/C9H5BrClFN4O/c10-5-2-1-4(3-6(5)12)17-9-15-7(11)14-8(13)16-9/h1-3H,(H2,13,14,15,16). The molecule has 0 radical (unpaired) electrons. The first-order valence-corrected chi connectivity index (χ1v) is 5.51. The minimum atomic E-state index is -0.462. The van der Waals surface area contributed by atoms with Crippen molar-refractivity contribution in [2.24, 2.45) is 0 Å². The van der Waals surface area contributed by atoms with E-state index in [1.54, 1.807) is 6.07 Å². The quantitative estimate of drug-likeness (QED) is 0.921. The van der Waals surface area contributed by atoms with Gasteiger partial charge in [0, 0.05) is 6.07 Å². The van der Waals surface area contributed by atoms with Gasteiger partial charge in [-0.3, -0.25) is 0 Å². The lowest BCUT2D eigenvalue weighted by Crippen LogP contribution is -2.00. The van der Waals surface area contributed by atoms with Gasteiger partial charge in [-0.2, -0.15) is 15.0 Å². The summed E-state index contributed by atoms with van der Waals surface area (Å²) in [7, 11) is 0. The van der Waals surface area contributed by atoms with E-state index in [1.165, 1.54) is 12.1 Å². The molecule has 88 valence electrons. The monoisotopic (exact) mass is 318 g/mol. The highest BCUT2D eigenvalue weighted by Gasteiger charge is 2.07. The molecule has 0 fully saturated rings. The van der Waals surface area contributed by atoms with Crippen molar-refractivity contribution in [3.8, 4) is 11.8 Å². The van der Waals surface area contributed by atoms with Crippen LogP contribution < -0.4 is 10.5 Å². The number of halogens is 3. The van der Waals surface area contributed by atoms with Crippen LogP contribution in [0.2, 0.25) is 5.28 Å². The van der Waals surface area contributed by atoms with Crippen LogP contribution >= 0.6 is 27.5 Å². The summed E-state index contributed by atoms with van der Waals surface area (Å²) in [5, 5.41) is -0.0925. The predicted octanol–water partition coefficient (Wildman–Crippen LogP) is 2.80. The Balaban J connectivity index is 2.28. The molecule has 1 aromatic heterocycles. The molecule has 0 atom stereocenters. The van der Waals surface area contributed by atoms with Gasteiger partial charge < -0.3 is 10.5 Å². The molecule has 0 aliphatic carbocycles. The van der Waals surface area contributed by atoms with Gasteiger partial charge in [0.05, 0.1) is 4.47 Å². The highest BCUT2D eigenvalue weighted by atomic mass is 79.9. The first-order chi connectivity index (χ1) is 8.04. The fraction of sp³-hybridized carbons (Fsp3) is 0. The van der Waals surface area contributed by atoms with Crippen LogP contribution in [-0.2, 0) is 0 Å². The minimum Gasteiger partial charge on any atom is -0.424 e. The Morgan fingerprint density at radius 2 is 2.06 bits per heavy atom. The van der Waals surface area contributed by atoms with Crippen LogP contribution in [0.15, 0.2) is 22.7 Å². The summed E-state index contributed by atoms with van der Waals surface area (Å²) in [6.45, 7) is 0. The number of rotatable bonds is 2. The number of ether oxygens (including phenoxy) is 1. The zero-order valence-corrected chi connectivity index (χ0v) is 10.5. The summed E-state index contributed by atoms with van der Waals surface area (Å²) in [5.74, 6) is -0.305. The molecule has 5 nitrogen and oxygen atoms in total. The normalized spacial score (nSPS) is 10.3. The van der Waals surface area contributed by atoms with E-state index in [0.717, 1.165) is 0 Å². The number of nitrogen functional groups attached to an aromatic ring is 1. The van der Waals surface area contributed by atoms with Gasteiger partial charge in [-0.1, -0.05) is 0 Å². The van der Waals surface area contributed by atoms with E-state index in [9.17, 15) is 4.39 Å². The van der Waals surface area contributed by atoms with Crippen LogP contribution in [0.3, 0.4) is 0 Å². The minimum absolute atomic E-state index is 0.0717. The lowest BCUT2D eigenvalue weighted by Gasteiger charge is -2.04. The molecule has 0 saturated carbocycles. The van der Waals surface area contributed by atoms with Crippen molar-refractivity contribution < 1.29 is 9.13 Å². The number of hydrogen-bond donors (Lipinski definition) is 1. The molecule has 0 saturated heterocycles. The van der Waals surface area contributed by atoms with Gasteiger partial charge in [0.15, 0.2) is 0 Å². The first kappa shape index (κ1) is 12.0. The highest BCUT2D eigenvalue weighted by molar-refractivity contribution is 9.10. The molecular formula is C9H5BrClFN4O. The summed E-state index contributed by atoms with van der Waals surface area (Å²) in [6.07, 6.45) is 0. The zero-order valence-electron chi connectivity index (χ0n) is 8.19. The van der Waals surface area contributed by atoms with Gasteiger partial charge in [0.1, 0.15) is 11.6 Å². The van der Waals surface area contributed by atoms with Crippen molar-refractivity contribution in [3.63, 3.8) is 0 Å². The molecule has 0 unspecified atom stereocenters. The number of aromatic nitrogens is 3. The summed E-state index contributed by atoms with van der Waals surface area (Å²) >= 11 is 8.59. The maximum Gasteiger partial charge on any atom is 0.328 e. The third-order valence-corrected chi connectivity index (χ3v) is 2.52. The smallest absolute Gasteiger partial charge is 0.328 e. The summed E-state index contributed by atoms with van der Waals surface area (Å²) in [4.78, 5) is 11.0. The van der Waals surface area contributed by atoms with Crippen molar-refractivity contribution in [2.75, 3.05) is 5.73 Å². The van der Waals surface area contributed by atoms with Gasteiger partial charge in [0.2, 0.25) is 11.2 Å². The molecule has 0 spiro atoms.